The molecule has 0 bridgehead atoms. The number of benzene rings is 2. The minimum Gasteiger partial charge on any atom is -0.229 e. The number of rotatable bonds is 2. The van der Waals surface area contributed by atoms with Gasteiger partial charge in [0.05, 0.1) is 22.8 Å². The highest BCUT2D eigenvalue weighted by Crippen LogP contribution is 2.30. The van der Waals surface area contributed by atoms with E-state index in [1.165, 1.54) is 0 Å². The highest BCUT2D eigenvalue weighted by atomic mass is 15.0. The zero-order chi connectivity index (χ0) is 16.5. The molecule has 0 fully saturated rings. The minimum atomic E-state index is 0.580. The molecule has 0 saturated heterocycles. The van der Waals surface area contributed by atoms with Crippen molar-refractivity contribution in [2.24, 2.45) is 0 Å². The van der Waals surface area contributed by atoms with Crippen LogP contribution in [0.25, 0.3) is 33.8 Å². The molecular weight excluding hydrogens is 296 g/mol. The van der Waals surface area contributed by atoms with Gasteiger partial charge in [0, 0.05) is 11.1 Å². The van der Waals surface area contributed by atoms with Crippen molar-refractivity contribution in [2.45, 2.75) is 13.8 Å². The smallest absolute Gasteiger partial charge is 0.198 e. The van der Waals surface area contributed by atoms with Gasteiger partial charge in [0.1, 0.15) is 0 Å². The van der Waals surface area contributed by atoms with Crippen molar-refractivity contribution in [2.75, 3.05) is 0 Å². The molecule has 0 aliphatic carbocycles. The molecule has 4 heteroatoms. The fourth-order valence-corrected chi connectivity index (χ4v) is 2.64. The normalized spacial score (nSPS) is 10.9. The molecule has 0 saturated carbocycles. The van der Waals surface area contributed by atoms with Gasteiger partial charge in [-0.05, 0) is 13.8 Å². The van der Waals surface area contributed by atoms with Gasteiger partial charge in [-0.2, -0.15) is 0 Å². The summed E-state index contributed by atoms with van der Waals surface area (Å²) in [6, 6.07) is 20.1. The summed E-state index contributed by atoms with van der Waals surface area (Å²) in [6.45, 7) is 3.88. The van der Waals surface area contributed by atoms with E-state index in [0.717, 1.165) is 33.9 Å². The van der Waals surface area contributed by atoms with Crippen LogP contribution in [0.2, 0.25) is 0 Å². The van der Waals surface area contributed by atoms with E-state index in [-0.39, 0.29) is 0 Å². The lowest BCUT2D eigenvalue weighted by atomic mass is 10.0. The quantitative estimate of drug-likeness (QED) is 0.551. The largest absolute Gasteiger partial charge is 0.229 e. The van der Waals surface area contributed by atoms with Crippen molar-refractivity contribution in [1.82, 2.24) is 19.9 Å². The maximum absolute atomic E-state index is 4.79. The van der Waals surface area contributed by atoms with Crippen molar-refractivity contribution in [3.05, 3.63) is 72.1 Å². The minimum absolute atomic E-state index is 0.580. The second kappa shape index (κ2) is 5.81. The molecule has 24 heavy (non-hydrogen) atoms. The van der Waals surface area contributed by atoms with Crippen molar-refractivity contribution in [3.63, 3.8) is 0 Å². The van der Waals surface area contributed by atoms with Crippen LogP contribution in [0, 0.1) is 13.8 Å². The van der Waals surface area contributed by atoms with E-state index in [4.69, 9.17) is 9.97 Å². The predicted molar refractivity (Wildman–Crippen MR) is 95.5 cm³/mol. The lowest BCUT2D eigenvalue weighted by Gasteiger charge is -2.10. The zero-order valence-corrected chi connectivity index (χ0v) is 13.6. The summed E-state index contributed by atoms with van der Waals surface area (Å²) in [4.78, 5) is 18.7. The van der Waals surface area contributed by atoms with Crippen LogP contribution in [0.5, 0.6) is 0 Å². The topological polar surface area (TPSA) is 51.6 Å². The van der Waals surface area contributed by atoms with Crippen molar-refractivity contribution < 1.29 is 0 Å². The van der Waals surface area contributed by atoms with Crippen molar-refractivity contribution >= 4 is 11.3 Å². The first-order chi connectivity index (χ1) is 11.7. The van der Waals surface area contributed by atoms with Crippen LogP contribution in [0.15, 0.2) is 60.7 Å². The van der Waals surface area contributed by atoms with Gasteiger partial charge in [-0.1, -0.05) is 60.7 Å². The number of aromatic nitrogens is 4. The molecule has 0 radical (unpaired) electrons. The summed E-state index contributed by atoms with van der Waals surface area (Å²) < 4.78 is 0. The molecule has 116 valence electrons. The summed E-state index contributed by atoms with van der Waals surface area (Å²) in [5.74, 6) is 0. The Balaban J connectivity index is 2.06. The Bertz CT molecular complexity index is 928. The first-order valence-corrected chi connectivity index (χ1v) is 7.86. The van der Waals surface area contributed by atoms with Gasteiger partial charge < -0.3 is 0 Å². The molecule has 0 N–H and O–H groups in total. The molecule has 0 unspecified atom stereocenters. The summed E-state index contributed by atoms with van der Waals surface area (Å²) in [7, 11) is 0. The molecule has 2 aromatic heterocycles. The van der Waals surface area contributed by atoms with Crippen LogP contribution in [0.4, 0.5) is 0 Å². The molecule has 0 aliphatic rings. The second-order valence-electron chi connectivity index (χ2n) is 5.69. The summed E-state index contributed by atoms with van der Waals surface area (Å²) in [5.41, 5.74) is 6.61. The lowest BCUT2D eigenvalue weighted by Crippen LogP contribution is -2.01. The van der Waals surface area contributed by atoms with E-state index in [0.29, 0.717) is 11.3 Å². The highest BCUT2D eigenvalue weighted by Gasteiger charge is 2.15. The fraction of sp³-hybridized carbons (Fsp3) is 0.100. The average Bonchev–Trinajstić information content (AvgIpc) is 2.63. The molecule has 0 spiro atoms. The molecule has 0 aliphatic heterocycles. The third kappa shape index (κ3) is 2.52. The highest BCUT2D eigenvalue weighted by molar-refractivity contribution is 5.83. The maximum atomic E-state index is 4.79. The van der Waals surface area contributed by atoms with Gasteiger partial charge in [-0.3, -0.25) is 0 Å². The van der Waals surface area contributed by atoms with Crippen LogP contribution in [-0.2, 0) is 0 Å². The van der Waals surface area contributed by atoms with E-state index >= 15 is 0 Å². The molecular formula is C20H16N4. The van der Waals surface area contributed by atoms with E-state index < -0.39 is 0 Å². The van der Waals surface area contributed by atoms with E-state index in [1.807, 2.05) is 74.5 Å². The molecule has 2 heterocycles. The SMILES string of the molecule is Cc1nc2nc(-c3ccccc3)c(-c3ccccc3)nc2nc1C. The number of hydrogen-bond acceptors (Lipinski definition) is 4. The Labute approximate surface area is 140 Å². The van der Waals surface area contributed by atoms with E-state index in [2.05, 4.69) is 9.97 Å². The Morgan fingerprint density at radius 3 is 1.25 bits per heavy atom. The lowest BCUT2D eigenvalue weighted by molar-refractivity contribution is 1.06. The molecule has 0 amide bonds. The second-order valence-corrected chi connectivity index (χ2v) is 5.69. The zero-order valence-electron chi connectivity index (χ0n) is 13.6. The van der Waals surface area contributed by atoms with Crippen LogP contribution in [0.1, 0.15) is 11.4 Å². The van der Waals surface area contributed by atoms with Crippen LogP contribution in [0.3, 0.4) is 0 Å². The maximum Gasteiger partial charge on any atom is 0.198 e. The van der Waals surface area contributed by atoms with Gasteiger partial charge in [0.25, 0.3) is 0 Å². The molecule has 4 nitrogen and oxygen atoms in total. The van der Waals surface area contributed by atoms with Gasteiger partial charge in [0.15, 0.2) is 11.3 Å². The summed E-state index contributed by atoms with van der Waals surface area (Å²) >= 11 is 0. The Kier molecular flexibility index (Phi) is 3.50. The number of nitrogens with zero attached hydrogens (tertiary/aromatic N) is 4. The van der Waals surface area contributed by atoms with E-state index in [1.54, 1.807) is 0 Å². The molecule has 4 aromatic rings. The third-order valence-corrected chi connectivity index (χ3v) is 4.02. The average molecular weight is 312 g/mol. The van der Waals surface area contributed by atoms with E-state index in [9.17, 15) is 0 Å². The Hall–Kier alpha value is -3.14. The fourth-order valence-electron chi connectivity index (χ4n) is 2.64. The summed E-state index contributed by atoms with van der Waals surface area (Å²) in [5, 5.41) is 0. The standard InChI is InChI=1S/C20H16N4/c1-13-14(2)22-20-19(21-13)23-17(15-9-5-3-6-10-15)18(24-20)16-11-7-4-8-12-16/h3-12H,1-2H3. The number of aryl methyl sites for hydroxylation is 2. The number of hydrogen-bond donors (Lipinski definition) is 0. The van der Waals surface area contributed by atoms with Crippen LogP contribution < -0.4 is 0 Å². The monoisotopic (exact) mass is 312 g/mol. The van der Waals surface area contributed by atoms with Crippen molar-refractivity contribution in [1.29, 1.82) is 0 Å². The van der Waals surface area contributed by atoms with Crippen molar-refractivity contribution in [3.8, 4) is 22.5 Å². The molecule has 4 rings (SSSR count). The third-order valence-electron chi connectivity index (χ3n) is 4.02. The Morgan fingerprint density at radius 1 is 0.500 bits per heavy atom. The van der Waals surface area contributed by atoms with Gasteiger partial charge in [-0.25, -0.2) is 19.9 Å². The van der Waals surface area contributed by atoms with Gasteiger partial charge in [-0.15, -0.1) is 0 Å². The predicted octanol–water partition coefficient (Wildman–Crippen LogP) is 4.37. The number of fused-ring (bicyclic) bond motifs is 1. The van der Waals surface area contributed by atoms with Crippen LogP contribution >= 0.6 is 0 Å². The Morgan fingerprint density at radius 2 is 0.875 bits per heavy atom. The first kappa shape index (κ1) is 14.5. The van der Waals surface area contributed by atoms with Crippen LogP contribution in [-0.4, -0.2) is 19.9 Å². The van der Waals surface area contributed by atoms with Gasteiger partial charge >= 0.3 is 0 Å². The first-order valence-electron chi connectivity index (χ1n) is 7.86. The molecule has 2 aromatic carbocycles. The summed E-state index contributed by atoms with van der Waals surface area (Å²) in [6.07, 6.45) is 0. The van der Waals surface area contributed by atoms with Gasteiger partial charge in [0.2, 0.25) is 0 Å². The molecule has 0 atom stereocenters.